The number of hydrogen-bond acceptors (Lipinski definition) is 2. The zero-order chi connectivity index (χ0) is 12.0. The Kier molecular flexibility index (Phi) is 5.74. The molecule has 0 aromatic heterocycles. The first-order valence-electron chi connectivity index (χ1n) is 5.11. The SMILES string of the molecule is CCN(C)C(=O)NC(CC(=O)O)C(C)C. The molecule has 2 N–H and O–H groups in total. The molecule has 0 bridgehead atoms. The molecule has 15 heavy (non-hydrogen) atoms. The number of nitrogens with one attached hydrogen (secondary N) is 1. The molecule has 0 aromatic carbocycles. The fourth-order valence-corrected chi connectivity index (χ4v) is 1.05. The third-order valence-electron chi connectivity index (χ3n) is 2.33. The maximum absolute atomic E-state index is 11.5. The number of carbonyl (C=O) groups excluding carboxylic acids is 1. The average Bonchev–Trinajstić information content (AvgIpc) is 2.14. The van der Waals surface area contributed by atoms with Gasteiger partial charge in [-0.25, -0.2) is 4.79 Å². The molecular formula is C10H20N2O3. The van der Waals surface area contributed by atoms with Gasteiger partial charge in [0.25, 0.3) is 0 Å². The number of amides is 2. The Morgan fingerprint density at radius 3 is 2.27 bits per heavy atom. The Morgan fingerprint density at radius 2 is 1.93 bits per heavy atom. The molecule has 0 aliphatic carbocycles. The molecule has 0 radical (unpaired) electrons. The minimum Gasteiger partial charge on any atom is -0.481 e. The van der Waals surface area contributed by atoms with Gasteiger partial charge in [-0.05, 0) is 12.8 Å². The summed E-state index contributed by atoms with van der Waals surface area (Å²) in [5.74, 6) is -0.788. The lowest BCUT2D eigenvalue weighted by Gasteiger charge is -2.24. The van der Waals surface area contributed by atoms with Gasteiger partial charge in [-0.2, -0.15) is 0 Å². The van der Waals surface area contributed by atoms with Crippen LogP contribution in [0.2, 0.25) is 0 Å². The van der Waals surface area contributed by atoms with Gasteiger partial charge >= 0.3 is 12.0 Å². The lowest BCUT2D eigenvalue weighted by molar-refractivity contribution is -0.137. The molecule has 0 aliphatic rings. The number of carboxylic acids is 1. The quantitative estimate of drug-likeness (QED) is 0.724. The number of hydrogen-bond donors (Lipinski definition) is 2. The molecule has 0 saturated heterocycles. The topological polar surface area (TPSA) is 69.6 Å². The molecule has 0 rings (SSSR count). The third kappa shape index (κ3) is 5.24. The fourth-order valence-electron chi connectivity index (χ4n) is 1.05. The van der Waals surface area contributed by atoms with E-state index in [1.54, 1.807) is 7.05 Å². The van der Waals surface area contributed by atoms with Crippen molar-refractivity contribution in [3.63, 3.8) is 0 Å². The maximum atomic E-state index is 11.5. The second kappa shape index (κ2) is 6.27. The zero-order valence-corrected chi connectivity index (χ0v) is 9.78. The highest BCUT2D eigenvalue weighted by atomic mass is 16.4. The van der Waals surface area contributed by atoms with E-state index in [4.69, 9.17) is 5.11 Å². The van der Waals surface area contributed by atoms with Crippen molar-refractivity contribution in [2.24, 2.45) is 5.92 Å². The minimum atomic E-state index is -0.895. The molecule has 88 valence electrons. The summed E-state index contributed by atoms with van der Waals surface area (Å²) in [6.45, 7) is 6.24. The molecule has 0 spiro atoms. The van der Waals surface area contributed by atoms with E-state index in [9.17, 15) is 9.59 Å². The Morgan fingerprint density at radius 1 is 1.40 bits per heavy atom. The molecule has 5 heteroatoms. The van der Waals surface area contributed by atoms with Crippen molar-refractivity contribution in [1.29, 1.82) is 0 Å². The van der Waals surface area contributed by atoms with E-state index >= 15 is 0 Å². The highest BCUT2D eigenvalue weighted by molar-refractivity contribution is 5.75. The molecule has 1 unspecified atom stereocenters. The second-order valence-electron chi connectivity index (χ2n) is 3.91. The van der Waals surface area contributed by atoms with Gasteiger partial charge in [-0.1, -0.05) is 13.8 Å². The maximum Gasteiger partial charge on any atom is 0.317 e. The van der Waals surface area contributed by atoms with Crippen LogP contribution in [-0.2, 0) is 4.79 Å². The summed E-state index contributed by atoms with van der Waals surface area (Å²) in [6, 6.07) is -0.540. The van der Waals surface area contributed by atoms with E-state index in [-0.39, 0.29) is 24.4 Å². The van der Waals surface area contributed by atoms with Crippen LogP contribution in [0, 0.1) is 5.92 Å². The minimum absolute atomic E-state index is 0.0407. The van der Waals surface area contributed by atoms with Crippen molar-refractivity contribution in [2.75, 3.05) is 13.6 Å². The van der Waals surface area contributed by atoms with Gasteiger partial charge in [-0.3, -0.25) is 4.79 Å². The van der Waals surface area contributed by atoms with E-state index < -0.39 is 5.97 Å². The molecule has 0 aromatic rings. The predicted octanol–water partition coefficient (Wildman–Crippen LogP) is 1.15. The Hall–Kier alpha value is -1.26. The van der Waals surface area contributed by atoms with Crippen LogP contribution in [0.3, 0.4) is 0 Å². The number of nitrogens with zero attached hydrogens (tertiary/aromatic N) is 1. The predicted molar refractivity (Wildman–Crippen MR) is 57.7 cm³/mol. The van der Waals surface area contributed by atoms with Crippen molar-refractivity contribution < 1.29 is 14.7 Å². The normalized spacial score (nSPS) is 12.3. The van der Waals surface area contributed by atoms with Crippen LogP contribution in [-0.4, -0.2) is 41.6 Å². The van der Waals surface area contributed by atoms with Crippen LogP contribution in [0.5, 0.6) is 0 Å². The van der Waals surface area contributed by atoms with Crippen molar-refractivity contribution in [3.05, 3.63) is 0 Å². The summed E-state index contributed by atoms with van der Waals surface area (Å²) in [6.07, 6.45) is -0.0407. The van der Waals surface area contributed by atoms with Crippen LogP contribution in [0.25, 0.3) is 0 Å². The van der Waals surface area contributed by atoms with Crippen LogP contribution in [0.1, 0.15) is 27.2 Å². The monoisotopic (exact) mass is 216 g/mol. The van der Waals surface area contributed by atoms with Crippen LogP contribution < -0.4 is 5.32 Å². The lowest BCUT2D eigenvalue weighted by Crippen LogP contribution is -2.46. The molecule has 2 amide bonds. The highest BCUT2D eigenvalue weighted by Gasteiger charge is 2.20. The van der Waals surface area contributed by atoms with Gasteiger partial charge < -0.3 is 15.3 Å². The van der Waals surface area contributed by atoms with Gasteiger partial charge in [0.15, 0.2) is 0 Å². The Labute approximate surface area is 90.5 Å². The molecule has 0 fully saturated rings. The number of carbonyl (C=O) groups is 2. The van der Waals surface area contributed by atoms with Crippen molar-refractivity contribution in [2.45, 2.75) is 33.2 Å². The number of aliphatic carboxylic acids is 1. The number of urea groups is 1. The largest absolute Gasteiger partial charge is 0.481 e. The molecule has 0 aliphatic heterocycles. The zero-order valence-electron chi connectivity index (χ0n) is 9.78. The van der Waals surface area contributed by atoms with Gasteiger partial charge in [0, 0.05) is 19.6 Å². The van der Waals surface area contributed by atoms with Gasteiger partial charge in [-0.15, -0.1) is 0 Å². The lowest BCUT2D eigenvalue weighted by atomic mass is 10.0. The summed E-state index contributed by atoms with van der Waals surface area (Å²) in [5.41, 5.74) is 0. The van der Waals surface area contributed by atoms with Crippen LogP contribution in [0.4, 0.5) is 4.79 Å². The van der Waals surface area contributed by atoms with E-state index in [0.29, 0.717) is 6.54 Å². The second-order valence-corrected chi connectivity index (χ2v) is 3.91. The smallest absolute Gasteiger partial charge is 0.317 e. The van der Waals surface area contributed by atoms with E-state index in [0.717, 1.165) is 0 Å². The fraction of sp³-hybridized carbons (Fsp3) is 0.800. The van der Waals surface area contributed by atoms with E-state index in [1.165, 1.54) is 4.90 Å². The van der Waals surface area contributed by atoms with Crippen LogP contribution >= 0.6 is 0 Å². The van der Waals surface area contributed by atoms with Crippen molar-refractivity contribution in [3.8, 4) is 0 Å². The standard InChI is InChI=1S/C10H20N2O3/c1-5-12(4)10(15)11-8(7(2)3)6-9(13)14/h7-8H,5-6H2,1-4H3,(H,11,15)(H,13,14). The molecule has 0 saturated carbocycles. The molecule has 0 heterocycles. The first kappa shape index (κ1) is 13.7. The Balaban J connectivity index is 4.28. The van der Waals surface area contributed by atoms with E-state index in [2.05, 4.69) is 5.32 Å². The summed E-state index contributed by atoms with van der Waals surface area (Å²) in [7, 11) is 1.67. The van der Waals surface area contributed by atoms with Crippen LogP contribution in [0.15, 0.2) is 0 Å². The van der Waals surface area contributed by atoms with Crippen molar-refractivity contribution in [1.82, 2.24) is 10.2 Å². The summed E-state index contributed by atoms with van der Waals surface area (Å²) >= 11 is 0. The molecule has 1 atom stereocenters. The van der Waals surface area contributed by atoms with Gasteiger partial charge in [0.05, 0.1) is 6.42 Å². The summed E-state index contributed by atoms with van der Waals surface area (Å²) < 4.78 is 0. The first-order valence-corrected chi connectivity index (χ1v) is 5.11. The average molecular weight is 216 g/mol. The van der Waals surface area contributed by atoms with Gasteiger partial charge in [0.2, 0.25) is 0 Å². The molecular weight excluding hydrogens is 196 g/mol. The highest BCUT2D eigenvalue weighted by Crippen LogP contribution is 2.06. The molecule has 5 nitrogen and oxygen atoms in total. The van der Waals surface area contributed by atoms with Crippen molar-refractivity contribution >= 4 is 12.0 Å². The third-order valence-corrected chi connectivity index (χ3v) is 2.33. The Bertz CT molecular complexity index is 229. The first-order chi connectivity index (χ1) is 6.88. The number of carboxylic acid groups (broad SMARTS) is 1. The van der Waals surface area contributed by atoms with E-state index in [1.807, 2.05) is 20.8 Å². The summed E-state index contributed by atoms with van der Waals surface area (Å²) in [4.78, 5) is 23.6. The summed E-state index contributed by atoms with van der Waals surface area (Å²) in [5, 5.41) is 11.4. The number of rotatable bonds is 5. The van der Waals surface area contributed by atoms with Gasteiger partial charge in [0.1, 0.15) is 0 Å².